The van der Waals surface area contributed by atoms with Gasteiger partial charge in [0.15, 0.2) is 5.76 Å². The van der Waals surface area contributed by atoms with Crippen molar-refractivity contribution in [2.24, 2.45) is 0 Å². The molecule has 1 N–H and O–H groups in total. The predicted octanol–water partition coefficient (Wildman–Crippen LogP) is 3.38. The lowest BCUT2D eigenvalue weighted by molar-refractivity contribution is 0.0991. The van der Waals surface area contributed by atoms with E-state index in [2.05, 4.69) is 5.32 Å². The van der Waals surface area contributed by atoms with E-state index in [1.807, 2.05) is 0 Å². The zero-order valence-corrected chi connectivity index (χ0v) is 15.4. The maximum Gasteiger partial charge on any atom is 0.291 e. The average molecular weight is 387 g/mol. The first-order chi connectivity index (χ1) is 13.0. The van der Waals surface area contributed by atoms with E-state index < -0.39 is 15.7 Å². The summed E-state index contributed by atoms with van der Waals surface area (Å²) in [6.07, 6.45) is 0. The Morgan fingerprint density at radius 1 is 0.963 bits per heavy atom. The van der Waals surface area contributed by atoms with Crippen LogP contribution in [0.3, 0.4) is 0 Å². The number of amides is 1. The molecule has 1 amide bonds. The van der Waals surface area contributed by atoms with Crippen LogP contribution in [0.15, 0.2) is 75.1 Å². The number of rotatable bonds is 6. The molecule has 3 rings (SSSR count). The van der Waals surface area contributed by atoms with Crippen molar-refractivity contribution in [2.75, 3.05) is 19.5 Å². The van der Waals surface area contributed by atoms with Crippen molar-refractivity contribution in [3.8, 4) is 11.5 Å². The molecule has 0 atom stereocenters. The van der Waals surface area contributed by atoms with Crippen LogP contribution in [-0.4, -0.2) is 28.5 Å². The fraction of sp³-hybridized carbons (Fsp3) is 0.105. The number of hydrogen-bond donors (Lipinski definition) is 1. The summed E-state index contributed by atoms with van der Waals surface area (Å²) in [5.41, 5.74) is 0.396. The van der Waals surface area contributed by atoms with Crippen LogP contribution < -0.4 is 14.8 Å². The Balaban J connectivity index is 1.84. The van der Waals surface area contributed by atoms with Gasteiger partial charge in [0.25, 0.3) is 5.91 Å². The van der Waals surface area contributed by atoms with E-state index in [-0.39, 0.29) is 15.7 Å². The van der Waals surface area contributed by atoms with Gasteiger partial charge in [-0.1, -0.05) is 18.2 Å². The first-order valence-electron chi connectivity index (χ1n) is 7.89. The molecule has 3 aromatic rings. The molecule has 0 unspecified atom stereocenters. The average Bonchev–Trinajstić information content (AvgIpc) is 3.20. The van der Waals surface area contributed by atoms with Crippen molar-refractivity contribution in [3.63, 3.8) is 0 Å². The van der Waals surface area contributed by atoms with Gasteiger partial charge in [0.05, 0.1) is 24.8 Å². The third-order valence-corrected chi connectivity index (χ3v) is 5.42. The molecule has 0 saturated carbocycles. The molecule has 27 heavy (non-hydrogen) atoms. The van der Waals surface area contributed by atoms with Gasteiger partial charge in [-0.2, -0.15) is 0 Å². The lowest BCUT2D eigenvalue weighted by atomic mass is 10.2. The van der Waals surface area contributed by atoms with E-state index in [1.165, 1.54) is 38.5 Å². The van der Waals surface area contributed by atoms with Crippen molar-refractivity contribution < 1.29 is 27.1 Å². The predicted molar refractivity (Wildman–Crippen MR) is 98.1 cm³/mol. The summed E-state index contributed by atoms with van der Waals surface area (Å²) < 4.78 is 40.7. The summed E-state index contributed by atoms with van der Waals surface area (Å²) in [5.74, 6) is 0.223. The van der Waals surface area contributed by atoms with E-state index in [4.69, 9.17) is 13.9 Å². The Kier molecular flexibility index (Phi) is 5.18. The number of ether oxygens (including phenoxy) is 2. The normalized spacial score (nSPS) is 11.0. The molecule has 7 nitrogen and oxygen atoms in total. The van der Waals surface area contributed by atoms with Crippen molar-refractivity contribution in [2.45, 2.75) is 9.99 Å². The molecule has 1 heterocycles. The maximum atomic E-state index is 12.5. The fourth-order valence-corrected chi connectivity index (χ4v) is 3.58. The molecule has 0 saturated heterocycles. The number of methoxy groups -OCH3 is 2. The van der Waals surface area contributed by atoms with Crippen LogP contribution >= 0.6 is 0 Å². The molecule has 0 radical (unpaired) electrons. The highest BCUT2D eigenvalue weighted by molar-refractivity contribution is 7.91. The Labute approximate surface area is 156 Å². The summed E-state index contributed by atoms with van der Waals surface area (Å²) in [6, 6.07) is 15.3. The number of carbonyl (C=O) groups is 1. The van der Waals surface area contributed by atoms with Crippen LogP contribution in [0.1, 0.15) is 10.6 Å². The summed E-state index contributed by atoms with van der Waals surface area (Å²) in [6.45, 7) is 0. The monoisotopic (exact) mass is 387 g/mol. The highest BCUT2D eigenvalue weighted by atomic mass is 32.2. The fourth-order valence-electron chi connectivity index (χ4n) is 2.39. The van der Waals surface area contributed by atoms with Gasteiger partial charge < -0.3 is 19.2 Å². The lowest BCUT2D eigenvalue weighted by Crippen LogP contribution is -2.12. The van der Waals surface area contributed by atoms with Gasteiger partial charge in [-0.05, 0) is 36.4 Å². The second-order valence-corrected chi connectivity index (χ2v) is 7.34. The van der Waals surface area contributed by atoms with Gasteiger partial charge in [-0.15, -0.1) is 0 Å². The van der Waals surface area contributed by atoms with Gasteiger partial charge in [0.1, 0.15) is 11.5 Å². The largest absolute Gasteiger partial charge is 0.497 e. The first-order valence-corrected chi connectivity index (χ1v) is 9.37. The number of hydrogen-bond acceptors (Lipinski definition) is 6. The van der Waals surface area contributed by atoms with Crippen LogP contribution in [0.25, 0.3) is 0 Å². The van der Waals surface area contributed by atoms with Gasteiger partial charge >= 0.3 is 0 Å². The molecule has 0 fully saturated rings. The molecule has 2 aromatic carbocycles. The van der Waals surface area contributed by atoms with Crippen molar-refractivity contribution in [1.82, 2.24) is 0 Å². The Morgan fingerprint density at radius 2 is 1.70 bits per heavy atom. The minimum Gasteiger partial charge on any atom is -0.497 e. The van der Waals surface area contributed by atoms with Crippen LogP contribution in [-0.2, 0) is 9.84 Å². The van der Waals surface area contributed by atoms with Crippen molar-refractivity contribution in [1.29, 1.82) is 0 Å². The minimum absolute atomic E-state index is 0.0862. The zero-order valence-electron chi connectivity index (χ0n) is 14.6. The molecule has 0 spiro atoms. The van der Waals surface area contributed by atoms with E-state index in [0.717, 1.165) is 0 Å². The number of furan rings is 1. The van der Waals surface area contributed by atoms with E-state index >= 15 is 0 Å². The highest BCUT2D eigenvalue weighted by Gasteiger charge is 2.23. The third kappa shape index (κ3) is 3.80. The lowest BCUT2D eigenvalue weighted by Gasteiger charge is -2.10. The van der Waals surface area contributed by atoms with Crippen LogP contribution in [0.2, 0.25) is 0 Å². The number of anilines is 1. The van der Waals surface area contributed by atoms with Crippen molar-refractivity contribution in [3.05, 3.63) is 66.4 Å². The number of nitrogens with one attached hydrogen (secondary N) is 1. The first kappa shape index (κ1) is 18.5. The second-order valence-electron chi connectivity index (χ2n) is 5.46. The number of carbonyl (C=O) groups excluding carboxylic acids is 1. The SMILES string of the molecule is COc1ccc(NC(=O)c2ccc(S(=O)(=O)c3ccccc3)o2)c(OC)c1. The second kappa shape index (κ2) is 7.55. The summed E-state index contributed by atoms with van der Waals surface area (Å²) >= 11 is 0. The molecule has 0 bridgehead atoms. The molecule has 1 aromatic heterocycles. The Hall–Kier alpha value is -3.26. The summed E-state index contributed by atoms with van der Waals surface area (Å²) in [5, 5.41) is 2.32. The van der Waals surface area contributed by atoms with E-state index in [1.54, 1.807) is 36.4 Å². The molecule has 0 aliphatic rings. The minimum atomic E-state index is -3.83. The molecule has 0 aliphatic carbocycles. The zero-order chi connectivity index (χ0) is 19.4. The van der Waals surface area contributed by atoms with Crippen LogP contribution in [0.4, 0.5) is 5.69 Å². The van der Waals surface area contributed by atoms with Gasteiger partial charge in [0, 0.05) is 6.07 Å². The maximum absolute atomic E-state index is 12.5. The molecule has 140 valence electrons. The number of sulfone groups is 1. The smallest absolute Gasteiger partial charge is 0.291 e. The molecular weight excluding hydrogens is 370 g/mol. The Bertz CT molecular complexity index is 1060. The van der Waals surface area contributed by atoms with Crippen LogP contribution in [0.5, 0.6) is 11.5 Å². The number of benzene rings is 2. The molecule has 0 aliphatic heterocycles. The Morgan fingerprint density at radius 3 is 2.37 bits per heavy atom. The van der Waals surface area contributed by atoms with Crippen LogP contribution in [0, 0.1) is 0 Å². The van der Waals surface area contributed by atoms with Crippen molar-refractivity contribution >= 4 is 21.4 Å². The molecule has 8 heteroatoms. The van der Waals surface area contributed by atoms with E-state index in [0.29, 0.717) is 17.2 Å². The van der Waals surface area contributed by atoms with E-state index in [9.17, 15) is 13.2 Å². The van der Waals surface area contributed by atoms with Gasteiger partial charge in [-0.3, -0.25) is 4.79 Å². The third-order valence-electron chi connectivity index (χ3n) is 3.78. The topological polar surface area (TPSA) is 94.8 Å². The summed E-state index contributed by atoms with van der Waals surface area (Å²) in [7, 11) is -0.856. The quantitative estimate of drug-likeness (QED) is 0.697. The highest BCUT2D eigenvalue weighted by Crippen LogP contribution is 2.30. The van der Waals surface area contributed by atoms with Gasteiger partial charge in [-0.25, -0.2) is 8.42 Å². The van der Waals surface area contributed by atoms with Gasteiger partial charge in [0.2, 0.25) is 14.9 Å². The summed E-state index contributed by atoms with van der Waals surface area (Å²) in [4.78, 5) is 12.5. The molecular formula is C19H17NO6S. The standard InChI is InChI=1S/C19H17NO6S/c1-24-13-8-9-15(17(12-13)25-2)20-19(21)16-10-11-18(26-16)27(22,23)14-6-4-3-5-7-14/h3-12H,1-2H3,(H,20,21).